The molecule has 1 aliphatic heterocycles. The molecule has 1 aliphatic rings. The van der Waals surface area contributed by atoms with Crippen molar-refractivity contribution in [1.82, 2.24) is 0 Å². The van der Waals surface area contributed by atoms with Gasteiger partial charge in [0, 0.05) is 15.7 Å². The second-order valence-corrected chi connectivity index (χ2v) is 5.78. The molecule has 0 spiro atoms. The molecule has 0 aromatic heterocycles. The summed E-state index contributed by atoms with van der Waals surface area (Å²) in [6.07, 6.45) is 0.892. The quantitative estimate of drug-likeness (QED) is 0.861. The first-order chi connectivity index (χ1) is 9.60. The van der Waals surface area contributed by atoms with Crippen LogP contribution in [0.15, 0.2) is 40.9 Å². The van der Waals surface area contributed by atoms with E-state index in [0.717, 1.165) is 22.1 Å². The summed E-state index contributed by atoms with van der Waals surface area (Å²) in [6, 6.07) is 10.7. The van der Waals surface area contributed by atoms with E-state index in [-0.39, 0.29) is 5.82 Å². The Morgan fingerprint density at radius 3 is 2.80 bits per heavy atom. The van der Waals surface area contributed by atoms with Crippen molar-refractivity contribution in [1.29, 1.82) is 5.41 Å². The molecule has 2 nitrogen and oxygen atoms in total. The van der Waals surface area contributed by atoms with Crippen LogP contribution in [0.25, 0.3) is 0 Å². The van der Waals surface area contributed by atoms with Crippen molar-refractivity contribution in [2.45, 2.75) is 19.9 Å². The van der Waals surface area contributed by atoms with Gasteiger partial charge in [-0.05, 0) is 47.9 Å². The van der Waals surface area contributed by atoms with Gasteiger partial charge in [0.2, 0.25) is 0 Å². The number of halogens is 2. The average molecular weight is 333 g/mol. The van der Waals surface area contributed by atoms with Gasteiger partial charge in [0.15, 0.2) is 0 Å². The molecular formula is C16H14BrFN2. The highest BCUT2D eigenvalue weighted by Crippen LogP contribution is 2.32. The maximum atomic E-state index is 13.3. The summed E-state index contributed by atoms with van der Waals surface area (Å²) in [5.74, 6) is 0.0818. The van der Waals surface area contributed by atoms with E-state index >= 15 is 0 Å². The number of fused-ring (bicyclic) bond motifs is 1. The molecule has 0 fully saturated rings. The minimum atomic E-state index is -0.290. The van der Waals surface area contributed by atoms with Gasteiger partial charge in [-0.2, -0.15) is 0 Å². The third-order valence-corrected chi connectivity index (χ3v) is 4.13. The number of hydrogen-bond acceptors (Lipinski definition) is 1. The summed E-state index contributed by atoms with van der Waals surface area (Å²) in [7, 11) is 0. The Labute approximate surface area is 125 Å². The molecule has 0 unspecified atom stereocenters. The SMILES string of the molecule is CCc1cc(Br)ccc1N1Cc2ccc(F)cc2C1=N. The highest BCUT2D eigenvalue weighted by atomic mass is 79.9. The Bertz CT molecular complexity index is 697. The molecule has 3 rings (SSSR count). The maximum absolute atomic E-state index is 13.3. The van der Waals surface area contributed by atoms with Gasteiger partial charge in [-0.25, -0.2) is 4.39 Å². The predicted octanol–water partition coefficient (Wildman–Crippen LogP) is 4.50. The van der Waals surface area contributed by atoms with E-state index in [4.69, 9.17) is 5.41 Å². The molecule has 0 amide bonds. The summed E-state index contributed by atoms with van der Waals surface area (Å²) >= 11 is 3.48. The van der Waals surface area contributed by atoms with Crippen LogP contribution in [-0.4, -0.2) is 5.84 Å². The van der Waals surface area contributed by atoms with Crippen LogP contribution in [0, 0.1) is 11.2 Å². The van der Waals surface area contributed by atoms with E-state index in [0.29, 0.717) is 17.9 Å². The Kier molecular flexibility index (Phi) is 3.34. The number of anilines is 1. The van der Waals surface area contributed by atoms with Gasteiger partial charge in [0.1, 0.15) is 11.7 Å². The van der Waals surface area contributed by atoms with Crippen LogP contribution in [0.1, 0.15) is 23.6 Å². The zero-order valence-corrected chi connectivity index (χ0v) is 12.7. The number of rotatable bonds is 2. The molecule has 102 valence electrons. The molecule has 0 atom stereocenters. The number of nitrogens with one attached hydrogen (secondary N) is 1. The lowest BCUT2D eigenvalue weighted by Gasteiger charge is -2.21. The number of aryl methyl sites for hydroxylation is 1. The fraction of sp³-hybridized carbons (Fsp3) is 0.188. The average Bonchev–Trinajstić information content (AvgIpc) is 2.76. The first-order valence-electron chi connectivity index (χ1n) is 6.53. The fourth-order valence-corrected chi connectivity index (χ4v) is 3.02. The largest absolute Gasteiger partial charge is 0.322 e. The highest BCUT2D eigenvalue weighted by Gasteiger charge is 2.26. The molecule has 0 saturated carbocycles. The normalized spacial score (nSPS) is 13.8. The molecule has 20 heavy (non-hydrogen) atoms. The standard InChI is InChI=1S/C16H14BrFN2/c1-2-10-7-12(17)4-6-15(10)20-9-11-3-5-13(18)8-14(11)16(20)19/h3-8,19H,2,9H2,1H3. The first-order valence-corrected chi connectivity index (χ1v) is 7.32. The van der Waals surface area contributed by atoms with E-state index in [9.17, 15) is 4.39 Å². The summed E-state index contributed by atoms with van der Waals surface area (Å²) in [5, 5.41) is 8.29. The lowest BCUT2D eigenvalue weighted by atomic mass is 10.1. The third kappa shape index (κ3) is 2.14. The van der Waals surface area contributed by atoms with E-state index in [1.54, 1.807) is 6.07 Å². The summed E-state index contributed by atoms with van der Waals surface area (Å²) < 4.78 is 14.4. The summed E-state index contributed by atoms with van der Waals surface area (Å²) in [5.41, 5.74) is 3.89. The van der Waals surface area contributed by atoms with Crippen molar-refractivity contribution in [2.24, 2.45) is 0 Å². The van der Waals surface area contributed by atoms with Crippen molar-refractivity contribution >= 4 is 27.5 Å². The van der Waals surface area contributed by atoms with Gasteiger partial charge in [-0.3, -0.25) is 5.41 Å². The molecule has 1 heterocycles. The smallest absolute Gasteiger partial charge is 0.133 e. The van der Waals surface area contributed by atoms with Gasteiger partial charge in [0.05, 0.1) is 6.54 Å². The highest BCUT2D eigenvalue weighted by molar-refractivity contribution is 9.10. The number of benzene rings is 2. The molecule has 0 saturated heterocycles. The topological polar surface area (TPSA) is 27.1 Å². The Morgan fingerprint density at radius 2 is 2.05 bits per heavy atom. The van der Waals surface area contributed by atoms with Crippen LogP contribution in [0.3, 0.4) is 0 Å². The van der Waals surface area contributed by atoms with Crippen LogP contribution in [0.4, 0.5) is 10.1 Å². The van der Waals surface area contributed by atoms with Gasteiger partial charge >= 0.3 is 0 Å². The zero-order valence-electron chi connectivity index (χ0n) is 11.1. The minimum Gasteiger partial charge on any atom is -0.322 e. The Balaban J connectivity index is 2.04. The van der Waals surface area contributed by atoms with E-state index < -0.39 is 0 Å². The van der Waals surface area contributed by atoms with Crippen LogP contribution >= 0.6 is 15.9 Å². The second-order valence-electron chi connectivity index (χ2n) is 4.86. The number of nitrogens with zero attached hydrogens (tertiary/aromatic N) is 1. The van der Waals surface area contributed by atoms with E-state index in [2.05, 4.69) is 28.9 Å². The lowest BCUT2D eigenvalue weighted by molar-refractivity contribution is 0.627. The molecule has 4 heteroatoms. The first kappa shape index (κ1) is 13.3. The maximum Gasteiger partial charge on any atom is 0.133 e. The van der Waals surface area contributed by atoms with Crippen LogP contribution in [0.5, 0.6) is 0 Å². The fourth-order valence-electron chi connectivity index (χ4n) is 2.61. The van der Waals surface area contributed by atoms with Gasteiger partial charge in [0.25, 0.3) is 0 Å². The van der Waals surface area contributed by atoms with Crippen molar-refractivity contribution in [3.8, 4) is 0 Å². The van der Waals surface area contributed by atoms with Crippen molar-refractivity contribution < 1.29 is 4.39 Å². The van der Waals surface area contributed by atoms with Gasteiger partial charge < -0.3 is 4.90 Å². The predicted molar refractivity (Wildman–Crippen MR) is 82.9 cm³/mol. The summed E-state index contributed by atoms with van der Waals surface area (Å²) in [4.78, 5) is 1.94. The van der Waals surface area contributed by atoms with Crippen LogP contribution < -0.4 is 4.90 Å². The van der Waals surface area contributed by atoms with E-state index in [1.165, 1.54) is 17.7 Å². The lowest BCUT2D eigenvalue weighted by Crippen LogP contribution is -2.24. The van der Waals surface area contributed by atoms with Crippen molar-refractivity contribution in [2.75, 3.05) is 4.90 Å². The monoisotopic (exact) mass is 332 g/mol. The van der Waals surface area contributed by atoms with Crippen molar-refractivity contribution in [3.05, 3.63) is 63.4 Å². The molecule has 2 aromatic rings. The molecule has 0 radical (unpaired) electrons. The minimum absolute atomic E-state index is 0.290. The van der Waals surface area contributed by atoms with Crippen molar-refractivity contribution in [3.63, 3.8) is 0 Å². The van der Waals surface area contributed by atoms with Gasteiger partial charge in [-0.1, -0.05) is 28.9 Å². The number of amidine groups is 1. The van der Waals surface area contributed by atoms with E-state index in [1.807, 2.05) is 17.0 Å². The second kappa shape index (κ2) is 5.02. The molecule has 0 aliphatic carbocycles. The Hall–Kier alpha value is -1.68. The third-order valence-electron chi connectivity index (χ3n) is 3.64. The molecule has 2 aromatic carbocycles. The van der Waals surface area contributed by atoms with Crippen LogP contribution in [-0.2, 0) is 13.0 Å². The number of hydrogen-bond donors (Lipinski definition) is 1. The summed E-state index contributed by atoms with van der Waals surface area (Å²) in [6.45, 7) is 2.72. The van der Waals surface area contributed by atoms with Gasteiger partial charge in [-0.15, -0.1) is 0 Å². The molecule has 1 N–H and O–H groups in total. The molecule has 0 bridgehead atoms. The molecular weight excluding hydrogens is 319 g/mol. The zero-order chi connectivity index (χ0) is 14.3. The Morgan fingerprint density at radius 1 is 1.25 bits per heavy atom. The van der Waals surface area contributed by atoms with Crippen LogP contribution in [0.2, 0.25) is 0 Å².